The molecule has 0 saturated heterocycles. The zero-order valence-electron chi connectivity index (χ0n) is 14.3. The maximum absolute atomic E-state index is 14.4. The predicted molar refractivity (Wildman–Crippen MR) is 96.1 cm³/mol. The monoisotopic (exact) mass is 370 g/mol. The van der Waals surface area contributed by atoms with Crippen LogP contribution in [0.2, 0.25) is 5.15 Å². The molecule has 2 aromatic heterocycles. The zero-order chi connectivity index (χ0) is 18.5. The molecule has 132 valence electrons. The van der Waals surface area contributed by atoms with Crippen molar-refractivity contribution in [3.05, 3.63) is 58.6 Å². The van der Waals surface area contributed by atoms with Crippen LogP contribution in [0.25, 0.3) is 17.1 Å². The first-order chi connectivity index (χ1) is 12.4. The van der Waals surface area contributed by atoms with E-state index in [1.54, 1.807) is 35.0 Å². The van der Waals surface area contributed by atoms with Crippen molar-refractivity contribution in [2.45, 2.75) is 32.1 Å². The molecule has 5 nitrogen and oxygen atoms in total. The van der Waals surface area contributed by atoms with Crippen LogP contribution in [0.5, 0.6) is 0 Å². The molecule has 7 heteroatoms. The number of ketones is 1. The van der Waals surface area contributed by atoms with Gasteiger partial charge in [0.25, 0.3) is 0 Å². The van der Waals surface area contributed by atoms with Gasteiger partial charge in [-0.25, -0.2) is 9.07 Å². The number of halogens is 2. The van der Waals surface area contributed by atoms with E-state index in [0.29, 0.717) is 35.5 Å². The molecule has 0 unspecified atom stereocenters. The lowest BCUT2D eigenvalue weighted by Crippen LogP contribution is -2.30. The van der Waals surface area contributed by atoms with Gasteiger partial charge >= 0.3 is 0 Å². The summed E-state index contributed by atoms with van der Waals surface area (Å²) in [6.07, 6.45) is 1.09. The zero-order valence-corrected chi connectivity index (χ0v) is 15.1. The summed E-state index contributed by atoms with van der Waals surface area (Å²) in [5, 5.41) is 12.8. The van der Waals surface area contributed by atoms with Gasteiger partial charge in [0.2, 0.25) is 0 Å². The van der Waals surface area contributed by atoms with Gasteiger partial charge < -0.3 is 0 Å². The number of Topliss-reactive ketones (excluding diaryl/α,β-unsaturated/α-hetero) is 1. The van der Waals surface area contributed by atoms with Gasteiger partial charge in [-0.15, -0.1) is 10.2 Å². The number of nitrogens with zero attached hydrogens (tertiary/aromatic N) is 4. The molecule has 0 amide bonds. The molecule has 3 aromatic rings. The van der Waals surface area contributed by atoms with Crippen LogP contribution in [-0.4, -0.2) is 25.8 Å². The maximum Gasteiger partial charge on any atom is 0.176 e. The Hall–Kier alpha value is -2.60. The van der Waals surface area contributed by atoms with Crippen molar-refractivity contribution in [1.29, 1.82) is 0 Å². The number of fused-ring (bicyclic) bond motifs is 1. The number of rotatable bonds is 2. The van der Waals surface area contributed by atoms with Crippen LogP contribution >= 0.6 is 11.6 Å². The first-order valence-corrected chi connectivity index (χ1v) is 8.67. The first kappa shape index (κ1) is 16.8. The molecule has 0 saturated carbocycles. The summed E-state index contributed by atoms with van der Waals surface area (Å²) in [7, 11) is 0. The Labute approximate surface area is 154 Å². The van der Waals surface area contributed by atoms with Crippen molar-refractivity contribution < 1.29 is 9.18 Å². The number of aromatic nitrogens is 4. The molecule has 1 aromatic carbocycles. The van der Waals surface area contributed by atoms with E-state index in [1.807, 2.05) is 13.8 Å². The van der Waals surface area contributed by atoms with Gasteiger partial charge in [-0.05, 0) is 30.7 Å². The highest BCUT2D eigenvalue weighted by Crippen LogP contribution is 2.42. The summed E-state index contributed by atoms with van der Waals surface area (Å²) < 4.78 is 16.0. The fraction of sp³-hybridized carbons (Fsp3) is 0.263. The molecule has 0 bridgehead atoms. The van der Waals surface area contributed by atoms with Crippen LogP contribution in [0.3, 0.4) is 0 Å². The smallest absolute Gasteiger partial charge is 0.176 e. The number of benzene rings is 1. The second-order valence-corrected chi connectivity index (χ2v) is 7.37. The maximum atomic E-state index is 14.4. The molecule has 2 heterocycles. The van der Waals surface area contributed by atoms with E-state index in [9.17, 15) is 9.18 Å². The minimum absolute atomic E-state index is 0.0363. The van der Waals surface area contributed by atoms with E-state index < -0.39 is 5.82 Å². The Morgan fingerprint density at radius 1 is 1.15 bits per heavy atom. The Morgan fingerprint density at radius 2 is 1.92 bits per heavy atom. The third kappa shape index (κ3) is 2.61. The summed E-state index contributed by atoms with van der Waals surface area (Å²) in [6.45, 7) is 4.09. The molecular weight excluding hydrogens is 355 g/mol. The Kier molecular flexibility index (Phi) is 3.88. The minimum atomic E-state index is -0.418. The van der Waals surface area contributed by atoms with Crippen LogP contribution < -0.4 is 0 Å². The average molecular weight is 371 g/mol. The molecule has 1 aliphatic carbocycles. The molecule has 1 aliphatic rings. The van der Waals surface area contributed by atoms with Gasteiger partial charge in [-0.3, -0.25) is 4.79 Å². The third-order valence-electron chi connectivity index (χ3n) is 4.75. The Balaban J connectivity index is 2.05. The summed E-state index contributed by atoms with van der Waals surface area (Å²) in [4.78, 5) is 12.7. The molecule has 0 spiro atoms. The van der Waals surface area contributed by atoms with Crippen LogP contribution in [0.15, 0.2) is 36.4 Å². The quantitative estimate of drug-likeness (QED) is 0.671. The van der Waals surface area contributed by atoms with Gasteiger partial charge in [-0.2, -0.15) is 5.10 Å². The summed E-state index contributed by atoms with van der Waals surface area (Å²) in [6, 6.07) is 9.62. The molecule has 0 radical (unpaired) electrons. The van der Waals surface area contributed by atoms with Crippen molar-refractivity contribution in [1.82, 2.24) is 20.0 Å². The van der Waals surface area contributed by atoms with Crippen LogP contribution in [-0.2, 0) is 5.41 Å². The molecule has 4 rings (SSSR count). The van der Waals surface area contributed by atoms with E-state index in [0.717, 1.165) is 5.69 Å². The molecule has 0 N–H and O–H groups in total. The lowest BCUT2D eigenvalue weighted by atomic mass is 9.75. The standard InChI is InChI=1S/C19H16ClFN4O/c1-19(2)10-9-13(26)16-17(11-5-3-4-6-12(11)21)24-25(18(16)19)15-8-7-14(20)22-23-15/h3-8H,9-10H2,1-2H3. The number of hydrogen-bond donors (Lipinski definition) is 0. The number of hydrogen-bond acceptors (Lipinski definition) is 4. The first-order valence-electron chi connectivity index (χ1n) is 8.30. The molecule has 26 heavy (non-hydrogen) atoms. The number of carbonyl (C=O) groups excluding carboxylic acids is 1. The molecule has 0 fully saturated rings. The van der Waals surface area contributed by atoms with Crippen molar-refractivity contribution in [3.63, 3.8) is 0 Å². The second kappa shape index (κ2) is 5.99. The third-order valence-corrected chi connectivity index (χ3v) is 4.95. The van der Waals surface area contributed by atoms with Crippen molar-refractivity contribution >= 4 is 17.4 Å². The van der Waals surface area contributed by atoms with Gasteiger partial charge in [0, 0.05) is 17.4 Å². The van der Waals surface area contributed by atoms with E-state index in [2.05, 4.69) is 15.3 Å². The van der Waals surface area contributed by atoms with Gasteiger partial charge in [0.1, 0.15) is 11.5 Å². The lowest BCUT2D eigenvalue weighted by Gasteiger charge is -2.30. The average Bonchev–Trinajstić information content (AvgIpc) is 3.02. The molecule has 0 atom stereocenters. The summed E-state index contributed by atoms with van der Waals surface area (Å²) in [5.41, 5.74) is 1.51. The highest BCUT2D eigenvalue weighted by atomic mass is 35.5. The SMILES string of the molecule is CC1(C)CCC(=O)c2c(-c3ccccc3F)nn(-c3ccc(Cl)nn3)c21. The Bertz CT molecular complexity index is 1010. The fourth-order valence-electron chi connectivity index (χ4n) is 3.41. The van der Waals surface area contributed by atoms with Crippen molar-refractivity contribution in [2.75, 3.05) is 0 Å². The summed E-state index contributed by atoms with van der Waals surface area (Å²) in [5.74, 6) is -0.0138. The van der Waals surface area contributed by atoms with Crippen LogP contribution in [0, 0.1) is 5.82 Å². The van der Waals surface area contributed by atoms with Crippen molar-refractivity contribution in [3.8, 4) is 17.1 Å². The predicted octanol–water partition coefficient (Wildman–Crippen LogP) is 4.38. The largest absolute Gasteiger partial charge is 0.294 e. The van der Waals surface area contributed by atoms with E-state index in [1.165, 1.54) is 6.07 Å². The molecular formula is C19H16ClFN4O. The van der Waals surface area contributed by atoms with Gasteiger partial charge in [0.15, 0.2) is 16.8 Å². The van der Waals surface area contributed by atoms with Crippen molar-refractivity contribution in [2.24, 2.45) is 0 Å². The fourth-order valence-corrected chi connectivity index (χ4v) is 3.51. The van der Waals surface area contributed by atoms with Gasteiger partial charge in [0.05, 0.1) is 11.3 Å². The highest BCUT2D eigenvalue weighted by Gasteiger charge is 2.39. The topological polar surface area (TPSA) is 60.7 Å². The van der Waals surface area contributed by atoms with E-state index >= 15 is 0 Å². The summed E-state index contributed by atoms with van der Waals surface area (Å²) >= 11 is 5.84. The highest BCUT2D eigenvalue weighted by molar-refractivity contribution is 6.29. The normalized spacial score (nSPS) is 15.8. The minimum Gasteiger partial charge on any atom is -0.294 e. The van der Waals surface area contributed by atoms with E-state index in [4.69, 9.17) is 11.6 Å². The molecule has 0 aliphatic heterocycles. The van der Waals surface area contributed by atoms with E-state index in [-0.39, 0.29) is 16.4 Å². The van der Waals surface area contributed by atoms with Crippen LogP contribution in [0.4, 0.5) is 4.39 Å². The van der Waals surface area contributed by atoms with Crippen LogP contribution in [0.1, 0.15) is 42.7 Å². The Morgan fingerprint density at radius 3 is 2.62 bits per heavy atom. The van der Waals surface area contributed by atoms with Gasteiger partial charge in [-0.1, -0.05) is 37.6 Å². The number of carbonyl (C=O) groups is 1. The lowest BCUT2D eigenvalue weighted by molar-refractivity contribution is 0.0956. The second-order valence-electron chi connectivity index (χ2n) is 6.99.